The summed E-state index contributed by atoms with van der Waals surface area (Å²) in [5.41, 5.74) is 6.49. The molecule has 0 atom stereocenters. The van der Waals surface area contributed by atoms with Gasteiger partial charge in [-0.05, 0) is 46.9 Å². The fourth-order valence-electron chi connectivity index (χ4n) is 1.77. The number of ether oxygens (including phenoxy) is 1. The van der Waals surface area contributed by atoms with Gasteiger partial charge in [0.05, 0.1) is 14.5 Å². The molecule has 94 valence electrons. The normalized spacial score (nSPS) is 10.6. The van der Waals surface area contributed by atoms with Crippen molar-refractivity contribution in [3.05, 3.63) is 52.1 Å². The van der Waals surface area contributed by atoms with Crippen LogP contribution < -0.4 is 10.5 Å². The number of anilines is 1. The Balaban J connectivity index is 2.13. The number of fused-ring (bicyclic) bond motifs is 1. The SMILES string of the molecule is Nc1nc(Oc2ccccc2I)c2ccccc2n1. The van der Waals surface area contributed by atoms with Crippen molar-refractivity contribution in [3.8, 4) is 11.6 Å². The maximum Gasteiger partial charge on any atom is 0.232 e. The van der Waals surface area contributed by atoms with Crippen LogP contribution in [0.3, 0.4) is 0 Å². The molecule has 0 radical (unpaired) electrons. The highest BCUT2D eigenvalue weighted by atomic mass is 127. The summed E-state index contributed by atoms with van der Waals surface area (Å²) in [4.78, 5) is 8.36. The highest BCUT2D eigenvalue weighted by Crippen LogP contribution is 2.30. The molecule has 0 saturated carbocycles. The summed E-state index contributed by atoms with van der Waals surface area (Å²) in [5.74, 6) is 1.44. The summed E-state index contributed by atoms with van der Waals surface area (Å²) in [7, 11) is 0. The van der Waals surface area contributed by atoms with Crippen LogP contribution in [-0.2, 0) is 0 Å². The number of hydrogen-bond donors (Lipinski definition) is 1. The predicted molar refractivity (Wildman–Crippen MR) is 83.2 cm³/mol. The van der Waals surface area contributed by atoms with Gasteiger partial charge in [-0.1, -0.05) is 24.3 Å². The van der Waals surface area contributed by atoms with Crippen LogP contribution in [0.2, 0.25) is 0 Å². The molecule has 2 aromatic carbocycles. The maximum atomic E-state index is 5.86. The van der Waals surface area contributed by atoms with Gasteiger partial charge in [-0.25, -0.2) is 4.98 Å². The highest BCUT2D eigenvalue weighted by Gasteiger charge is 2.09. The predicted octanol–water partition coefficient (Wildman–Crippen LogP) is 3.61. The Kier molecular flexibility index (Phi) is 3.20. The van der Waals surface area contributed by atoms with Gasteiger partial charge in [-0.2, -0.15) is 4.98 Å². The Morgan fingerprint density at radius 2 is 1.68 bits per heavy atom. The Bertz CT molecular complexity index is 746. The van der Waals surface area contributed by atoms with Crippen molar-refractivity contribution in [2.24, 2.45) is 0 Å². The van der Waals surface area contributed by atoms with E-state index in [2.05, 4.69) is 32.6 Å². The first-order valence-electron chi connectivity index (χ1n) is 5.69. The maximum absolute atomic E-state index is 5.86. The summed E-state index contributed by atoms with van der Waals surface area (Å²) >= 11 is 2.22. The zero-order valence-electron chi connectivity index (χ0n) is 9.88. The van der Waals surface area contributed by atoms with Gasteiger partial charge < -0.3 is 10.5 Å². The number of nitrogen functional groups attached to an aromatic ring is 1. The molecular weight excluding hydrogens is 353 g/mol. The van der Waals surface area contributed by atoms with Crippen molar-refractivity contribution in [2.45, 2.75) is 0 Å². The van der Waals surface area contributed by atoms with Gasteiger partial charge >= 0.3 is 0 Å². The van der Waals surface area contributed by atoms with E-state index in [0.29, 0.717) is 5.88 Å². The number of para-hydroxylation sites is 2. The largest absolute Gasteiger partial charge is 0.437 e. The van der Waals surface area contributed by atoms with Crippen molar-refractivity contribution in [1.82, 2.24) is 9.97 Å². The van der Waals surface area contributed by atoms with Crippen LogP contribution in [0.4, 0.5) is 5.95 Å². The molecule has 0 fully saturated rings. The molecule has 1 aromatic heterocycles. The van der Waals surface area contributed by atoms with E-state index in [0.717, 1.165) is 20.2 Å². The molecular formula is C14H10IN3O. The van der Waals surface area contributed by atoms with E-state index in [1.165, 1.54) is 0 Å². The molecule has 0 aliphatic carbocycles. The minimum atomic E-state index is 0.208. The van der Waals surface area contributed by atoms with Gasteiger partial charge in [0.1, 0.15) is 5.75 Å². The second-order valence-electron chi connectivity index (χ2n) is 3.94. The van der Waals surface area contributed by atoms with Gasteiger partial charge in [0.25, 0.3) is 0 Å². The minimum Gasteiger partial charge on any atom is -0.437 e. The number of hydrogen-bond acceptors (Lipinski definition) is 4. The summed E-state index contributed by atoms with van der Waals surface area (Å²) in [6.07, 6.45) is 0. The number of benzene rings is 2. The first-order chi connectivity index (χ1) is 9.24. The number of rotatable bonds is 2. The Hall–Kier alpha value is -1.89. The number of nitrogens with zero attached hydrogens (tertiary/aromatic N) is 2. The topological polar surface area (TPSA) is 61.0 Å². The van der Waals surface area contributed by atoms with E-state index >= 15 is 0 Å². The van der Waals surface area contributed by atoms with Crippen molar-refractivity contribution in [2.75, 3.05) is 5.73 Å². The molecule has 4 nitrogen and oxygen atoms in total. The average molecular weight is 363 g/mol. The standard InChI is InChI=1S/C14H10IN3O/c15-10-6-2-4-8-12(10)19-13-9-5-1-3-7-11(9)17-14(16)18-13/h1-8H,(H2,16,17,18). The monoisotopic (exact) mass is 363 g/mol. The average Bonchev–Trinajstić information content (AvgIpc) is 2.41. The quantitative estimate of drug-likeness (QED) is 0.707. The molecule has 19 heavy (non-hydrogen) atoms. The van der Waals surface area contributed by atoms with Crippen LogP contribution in [0, 0.1) is 3.57 Å². The zero-order chi connectivity index (χ0) is 13.2. The zero-order valence-corrected chi connectivity index (χ0v) is 12.0. The second kappa shape index (κ2) is 5.00. The lowest BCUT2D eigenvalue weighted by Crippen LogP contribution is -1.99. The molecule has 1 heterocycles. The molecule has 0 aliphatic heterocycles. The third kappa shape index (κ3) is 2.46. The van der Waals surface area contributed by atoms with Crippen LogP contribution >= 0.6 is 22.6 Å². The van der Waals surface area contributed by atoms with Gasteiger partial charge in [-0.3, -0.25) is 0 Å². The summed E-state index contributed by atoms with van der Waals surface area (Å²) in [6.45, 7) is 0. The third-order valence-corrected chi connectivity index (χ3v) is 3.52. The van der Waals surface area contributed by atoms with Crippen LogP contribution in [0.5, 0.6) is 11.6 Å². The number of aromatic nitrogens is 2. The van der Waals surface area contributed by atoms with Crippen molar-refractivity contribution in [1.29, 1.82) is 0 Å². The molecule has 5 heteroatoms. The number of nitrogens with two attached hydrogens (primary N) is 1. The van der Waals surface area contributed by atoms with Crippen LogP contribution in [0.1, 0.15) is 0 Å². The lowest BCUT2D eigenvalue weighted by atomic mass is 10.2. The van der Waals surface area contributed by atoms with Crippen LogP contribution in [0.15, 0.2) is 48.5 Å². The van der Waals surface area contributed by atoms with Gasteiger partial charge in [0.2, 0.25) is 11.8 Å². The first-order valence-corrected chi connectivity index (χ1v) is 6.76. The summed E-state index contributed by atoms with van der Waals surface area (Å²) in [5, 5.41) is 0.844. The second-order valence-corrected chi connectivity index (χ2v) is 5.10. The fourth-order valence-corrected chi connectivity index (χ4v) is 2.27. The third-order valence-electron chi connectivity index (χ3n) is 2.63. The van der Waals surface area contributed by atoms with Crippen molar-refractivity contribution >= 4 is 39.4 Å². The fraction of sp³-hybridized carbons (Fsp3) is 0. The molecule has 0 aliphatic rings. The lowest BCUT2D eigenvalue weighted by Gasteiger charge is -2.09. The van der Waals surface area contributed by atoms with Crippen LogP contribution in [0.25, 0.3) is 10.9 Å². The minimum absolute atomic E-state index is 0.208. The molecule has 0 saturated heterocycles. The highest BCUT2D eigenvalue weighted by molar-refractivity contribution is 14.1. The van der Waals surface area contributed by atoms with E-state index in [-0.39, 0.29) is 5.95 Å². The molecule has 3 aromatic rings. The van der Waals surface area contributed by atoms with E-state index in [1.54, 1.807) is 0 Å². The van der Waals surface area contributed by atoms with Crippen molar-refractivity contribution in [3.63, 3.8) is 0 Å². The molecule has 2 N–H and O–H groups in total. The molecule has 0 bridgehead atoms. The Labute approximate surface area is 123 Å². The summed E-state index contributed by atoms with van der Waals surface area (Å²) in [6, 6.07) is 15.4. The summed E-state index contributed by atoms with van der Waals surface area (Å²) < 4.78 is 6.88. The lowest BCUT2D eigenvalue weighted by molar-refractivity contribution is 0.466. The first kappa shape index (κ1) is 12.2. The van der Waals surface area contributed by atoms with Gasteiger partial charge in [-0.15, -0.1) is 0 Å². The van der Waals surface area contributed by atoms with Crippen molar-refractivity contribution < 1.29 is 4.74 Å². The van der Waals surface area contributed by atoms with E-state index in [4.69, 9.17) is 10.5 Å². The van der Waals surface area contributed by atoms with E-state index in [9.17, 15) is 0 Å². The van der Waals surface area contributed by atoms with Gasteiger partial charge in [0.15, 0.2) is 0 Å². The van der Waals surface area contributed by atoms with E-state index < -0.39 is 0 Å². The van der Waals surface area contributed by atoms with Crippen LogP contribution in [-0.4, -0.2) is 9.97 Å². The molecule has 0 amide bonds. The Morgan fingerprint density at radius 1 is 0.947 bits per heavy atom. The van der Waals surface area contributed by atoms with Gasteiger partial charge in [0, 0.05) is 0 Å². The van der Waals surface area contributed by atoms with E-state index in [1.807, 2.05) is 48.5 Å². The Morgan fingerprint density at radius 3 is 2.53 bits per heavy atom. The number of halogens is 1. The smallest absolute Gasteiger partial charge is 0.232 e. The molecule has 3 rings (SSSR count). The molecule has 0 unspecified atom stereocenters. The molecule has 0 spiro atoms.